The van der Waals surface area contributed by atoms with Crippen molar-refractivity contribution >= 4 is 21.7 Å². The largest absolute Gasteiger partial charge is 0.343 e. The van der Waals surface area contributed by atoms with Crippen LogP contribution in [0.4, 0.5) is 0 Å². The lowest BCUT2D eigenvalue weighted by Crippen LogP contribution is -2.65. The molecule has 0 bridgehead atoms. The van der Waals surface area contributed by atoms with Crippen molar-refractivity contribution in [3.8, 4) is 0 Å². The van der Waals surface area contributed by atoms with Crippen molar-refractivity contribution in [1.82, 2.24) is 10.2 Å². The minimum absolute atomic E-state index is 0.132. The van der Waals surface area contributed by atoms with Gasteiger partial charge in [-0.05, 0) is 20.3 Å². The molecule has 18 heavy (non-hydrogen) atoms. The Hall–Kier alpha value is -1.11. The lowest BCUT2D eigenvalue weighted by molar-refractivity contribution is -0.150. The number of carbonyl (C=O) groups excluding carboxylic acids is 2. The highest BCUT2D eigenvalue weighted by Crippen LogP contribution is 2.16. The highest BCUT2D eigenvalue weighted by atomic mass is 32.2. The van der Waals surface area contributed by atoms with Crippen molar-refractivity contribution < 1.29 is 18.0 Å². The molecule has 1 heterocycles. The van der Waals surface area contributed by atoms with E-state index in [1.807, 2.05) is 0 Å². The second kappa shape index (κ2) is 5.26. The maximum atomic E-state index is 12.2. The third kappa shape index (κ3) is 3.22. The van der Waals surface area contributed by atoms with Gasteiger partial charge in [-0.2, -0.15) is 0 Å². The highest BCUT2D eigenvalue weighted by molar-refractivity contribution is 7.90. The van der Waals surface area contributed by atoms with Gasteiger partial charge in [0.25, 0.3) is 0 Å². The van der Waals surface area contributed by atoms with Crippen molar-refractivity contribution in [2.45, 2.75) is 45.3 Å². The molecule has 1 N–H and O–H groups in total. The molecule has 1 aliphatic rings. The second-order valence-electron chi connectivity index (χ2n) is 4.83. The third-order valence-electron chi connectivity index (χ3n) is 3.09. The zero-order valence-electron chi connectivity index (χ0n) is 11.1. The van der Waals surface area contributed by atoms with Gasteiger partial charge in [-0.3, -0.25) is 9.59 Å². The molecule has 1 aliphatic heterocycles. The summed E-state index contributed by atoms with van der Waals surface area (Å²) < 4.78 is 22.6. The van der Waals surface area contributed by atoms with E-state index >= 15 is 0 Å². The average molecular weight is 276 g/mol. The molecule has 1 saturated heterocycles. The van der Waals surface area contributed by atoms with Crippen LogP contribution in [0.15, 0.2) is 0 Å². The van der Waals surface area contributed by atoms with Crippen molar-refractivity contribution in [3.05, 3.63) is 0 Å². The standard InChI is InChI=1S/C11H20N2O4S/c1-5-9-11(15)13(8(3)10(14)12-9)7(2)6-18(4,16)17/h7-9H,5-6H2,1-4H3,(H,12,14). The van der Waals surface area contributed by atoms with Crippen LogP contribution in [0, 0.1) is 0 Å². The quantitative estimate of drug-likeness (QED) is 0.753. The summed E-state index contributed by atoms with van der Waals surface area (Å²) in [6, 6.07) is -1.67. The molecule has 0 aromatic rings. The summed E-state index contributed by atoms with van der Waals surface area (Å²) in [7, 11) is -3.19. The maximum Gasteiger partial charge on any atom is 0.246 e. The van der Waals surface area contributed by atoms with Crippen LogP contribution in [-0.2, 0) is 19.4 Å². The topological polar surface area (TPSA) is 83.6 Å². The van der Waals surface area contributed by atoms with E-state index in [1.54, 1.807) is 20.8 Å². The number of sulfone groups is 1. The molecule has 0 aromatic carbocycles. The van der Waals surface area contributed by atoms with Gasteiger partial charge in [0, 0.05) is 12.3 Å². The van der Waals surface area contributed by atoms with Gasteiger partial charge < -0.3 is 10.2 Å². The van der Waals surface area contributed by atoms with Gasteiger partial charge in [0.15, 0.2) is 0 Å². The molecule has 1 fully saturated rings. The smallest absolute Gasteiger partial charge is 0.246 e. The molecule has 0 aliphatic carbocycles. The van der Waals surface area contributed by atoms with E-state index in [0.29, 0.717) is 6.42 Å². The summed E-state index contributed by atoms with van der Waals surface area (Å²) in [5, 5.41) is 2.63. The Kier molecular flexibility index (Phi) is 4.37. The van der Waals surface area contributed by atoms with E-state index in [-0.39, 0.29) is 17.6 Å². The normalized spacial score (nSPS) is 27.0. The van der Waals surface area contributed by atoms with Crippen LogP contribution in [-0.4, -0.2) is 55.3 Å². The Morgan fingerprint density at radius 3 is 2.39 bits per heavy atom. The van der Waals surface area contributed by atoms with Gasteiger partial charge in [0.1, 0.15) is 21.9 Å². The number of nitrogens with one attached hydrogen (secondary N) is 1. The van der Waals surface area contributed by atoms with Gasteiger partial charge in [-0.15, -0.1) is 0 Å². The average Bonchev–Trinajstić information content (AvgIpc) is 2.21. The molecule has 0 radical (unpaired) electrons. The van der Waals surface area contributed by atoms with Gasteiger partial charge in [-0.1, -0.05) is 6.92 Å². The summed E-state index contributed by atoms with van der Waals surface area (Å²) in [5.74, 6) is -0.574. The molecule has 0 spiro atoms. The maximum absolute atomic E-state index is 12.2. The molecular weight excluding hydrogens is 256 g/mol. The van der Waals surface area contributed by atoms with Crippen LogP contribution < -0.4 is 5.32 Å². The Labute approximate surface area is 108 Å². The van der Waals surface area contributed by atoms with E-state index in [0.717, 1.165) is 6.26 Å². The fourth-order valence-corrected chi connectivity index (χ4v) is 3.28. The summed E-state index contributed by atoms with van der Waals surface area (Å²) in [6.07, 6.45) is 1.62. The molecular formula is C11H20N2O4S. The van der Waals surface area contributed by atoms with Crippen molar-refractivity contribution in [2.24, 2.45) is 0 Å². The molecule has 1 rings (SSSR count). The van der Waals surface area contributed by atoms with Crippen LogP contribution in [0.5, 0.6) is 0 Å². The first kappa shape index (κ1) is 14.9. The molecule has 104 valence electrons. The Morgan fingerprint density at radius 1 is 1.39 bits per heavy atom. The molecule has 0 saturated carbocycles. The second-order valence-corrected chi connectivity index (χ2v) is 7.02. The van der Waals surface area contributed by atoms with E-state index in [4.69, 9.17) is 0 Å². The molecule has 3 unspecified atom stereocenters. The summed E-state index contributed by atoms with van der Waals surface area (Å²) in [4.78, 5) is 25.3. The molecule has 6 nitrogen and oxygen atoms in total. The van der Waals surface area contributed by atoms with Crippen LogP contribution in [0.3, 0.4) is 0 Å². The molecule has 0 aromatic heterocycles. The first-order valence-corrected chi connectivity index (χ1v) is 8.03. The van der Waals surface area contributed by atoms with E-state index in [1.165, 1.54) is 4.90 Å². The van der Waals surface area contributed by atoms with Gasteiger partial charge in [-0.25, -0.2) is 8.42 Å². The van der Waals surface area contributed by atoms with E-state index in [2.05, 4.69) is 5.32 Å². The first-order valence-electron chi connectivity index (χ1n) is 5.97. The van der Waals surface area contributed by atoms with Crippen LogP contribution in [0.25, 0.3) is 0 Å². The van der Waals surface area contributed by atoms with Crippen molar-refractivity contribution in [1.29, 1.82) is 0 Å². The lowest BCUT2D eigenvalue weighted by atomic mass is 10.0. The van der Waals surface area contributed by atoms with Crippen molar-refractivity contribution in [3.63, 3.8) is 0 Å². The zero-order valence-corrected chi connectivity index (χ0v) is 12.0. The van der Waals surface area contributed by atoms with Gasteiger partial charge in [0.2, 0.25) is 11.8 Å². The van der Waals surface area contributed by atoms with Crippen molar-refractivity contribution in [2.75, 3.05) is 12.0 Å². The van der Waals surface area contributed by atoms with Crippen LogP contribution in [0.2, 0.25) is 0 Å². The fourth-order valence-electron chi connectivity index (χ4n) is 2.25. The third-order valence-corrected chi connectivity index (χ3v) is 4.18. The summed E-state index contributed by atoms with van der Waals surface area (Å²) in [5.41, 5.74) is 0. The van der Waals surface area contributed by atoms with Crippen LogP contribution >= 0.6 is 0 Å². The summed E-state index contributed by atoms with van der Waals surface area (Å²) in [6.45, 7) is 5.07. The highest BCUT2D eigenvalue weighted by Gasteiger charge is 2.40. The Bertz CT molecular complexity index is 446. The number of nitrogens with zero attached hydrogens (tertiary/aromatic N) is 1. The van der Waals surface area contributed by atoms with E-state index < -0.39 is 28.0 Å². The predicted octanol–water partition coefficient (Wildman–Crippen LogP) is -0.455. The fraction of sp³-hybridized carbons (Fsp3) is 0.818. The van der Waals surface area contributed by atoms with Gasteiger partial charge in [0.05, 0.1) is 5.75 Å². The van der Waals surface area contributed by atoms with Crippen LogP contribution in [0.1, 0.15) is 27.2 Å². The Morgan fingerprint density at radius 2 is 1.94 bits per heavy atom. The van der Waals surface area contributed by atoms with Gasteiger partial charge >= 0.3 is 0 Å². The number of piperazine rings is 1. The molecule has 7 heteroatoms. The molecule has 2 amide bonds. The minimum Gasteiger partial charge on any atom is -0.343 e. The number of hydrogen-bond acceptors (Lipinski definition) is 4. The zero-order chi connectivity index (χ0) is 14.1. The predicted molar refractivity (Wildman–Crippen MR) is 67.7 cm³/mol. The number of amides is 2. The Balaban J connectivity index is 2.95. The first-order chi connectivity index (χ1) is 8.17. The SMILES string of the molecule is CCC1NC(=O)C(C)N(C(C)CS(C)(=O)=O)C1=O. The molecule has 3 atom stereocenters. The van der Waals surface area contributed by atoms with E-state index in [9.17, 15) is 18.0 Å². The monoisotopic (exact) mass is 276 g/mol. The lowest BCUT2D eigenvalue weighted by Gasteiger charge is -2.40. The number of hydrogen-bond donors (Lipinski definition) is 1. The summed E-state index contributed by atoms with van der Waals surface area (Å²) >= 11 is 0. The number of carbonyl (C=O) groups is 2. The minimum atomic E-state index is -3.19. The number of rotatable bonds is 4.